The minimum Gasteiger partial charge on any atom is -0.361 e. The molecule has 4 aliphatic heterocycles. The summed E-state index contributed by atoms with van der Waals surface area (Å²) in [7, 11) is 1.50. The summed E-state index contributed by atoms with van der Waals surface area (Å²) in [6, 6.07) is 2.02. The van der Waals surface area contributed by atoms with Gasteiger partial charge >= 0.3 is 6.03 Å². The maximum absolute atomic E-state index is 13.3. The van der Waals surface area contributed by atoms with Gasteiger partial charge in [0.05, 0.1) is 18.6 Å². The fourth-order valence-corrected chi connectivity index (χ4v) is 6.45. The lowest BCUT2D eigenvalue weighted by Gasteiger charge is -2.51. The molecule has 1 aliphatic carbocycles. The molecule has 0 aromatic heterocycles. The van der Waals surface area contributed by atoms with Crippen molar-refractivity contribution in [2.45, 2.75) is 48.8 Å². The van der Waals surface area contributed by atoms with Gasteiger partial charge in [0.1, 0.15) is 12.6 Å². The van der Waals surface area contributed by atoms with Crippen LogP contribution in [0.25, 0.3) is 0 Å². The predicted octanol–water partition coefficient (Wildman–Crippen LogP) is -2.74. The second kappa shape index (κ2) is 7.79. The van der Waals surface area contributed by atoms with E-state index in [-0.39, 0.29) is 31.6 Å². The van der Waals surface area contributed by atoms with Crippen molar-refractivity contribution in [3.63, 3.8) is 0 Å². The minimum absolute atomic E-state index is 0.0757. The number of carbonyl (C=O) groups is 3. The zero-order chi connectivity index (χ0) is 26.3. The Morgan fingerprint density at radius 3 is 2.73 bits per heavy atom. The normalized spacial score (nSPS) is 31.5. The van der Waals surface area contributed by atoms with Gasteiger partial charge in [-0.1, -0.05) is 12.1 Å². The molecule has 4 amide bonds. The van der Waals surface area contributed by atoms with Gasteiger partial charge in [0, 0.05) is 19.2 Å². The largest absolute Gasteiger partial charge is 0.361 e. The van der Waals surface area contributed by atoms with Crippen molar-refractivity contribution in [2.24, 2.45) is 0 Å². The Labute approximate surface area is 212 Å². The molecule has 8 N–H and O–H groups in total. The van der Waals surface area contributed by atoms with E-state index < -0.39 is 47.4 Å². The van der Waals surface area contributed by atoms with Gasteiger partial charge in [-0.25, -0.2) is 4.79 Å². The van der Waals surface area contributed by atoms with Crippen molar-refractivity contribution in [3.8, 4) is 0 Å². The van der Waals surface area contributed by atoms with Crippen LogP contribution in [0.15, 0.2) is 18.2 Å². The zero-order valence-corrected chi connectivity index (χ0v) is 20.2. The Morgan fingerprint density at radius 2 is 2.00 bits per heavy atom. The van der Waals surface area contributed by atoms with Crippen molar-refractivity contribution < 1.29 is 24.6 Å². The van der Waals surface area contributed by atoms with E-state index in [9.17, 15) is 24.6 Å². The van der Waals surface area contributed by atoms with Crippen LogP contribution in [0.2, 0.25) is 0 Å². The zero-order valence-electron chi connectivity index (χ0n) is 20.2. The monoisotopic (exact) mass is 511 g/mol. The molecule has 37 heavy (non-hydrogen) atoms. The molecule has 14 nitrogen and oxygen atoms in total. The van der Waals surface area contributed by atoms with E-state index in [1.54, 1.807) is 6.07 Å². The number of carbonyl (C=O) groups excluding carboxylic acids is 3. The van der Waals surface area contributed by atoms with Crippen LogP contribution in [0.4, 0.5) is 4.79 Å². The number of benzene rings is 1. The molecule has 1 spiro atoms. The van der Waals surface area contributed by atoms with E-state index in [1.165, 1.54) is 16.8 Å². The summed E-state index contributed by atoms with van der Waals surface area (Å²) in [6.45, 7) is -0.362. The summed E-state index contributed by atoms with van der Waals surface area (Å²) in [5.41, 5.74) is 0.729. The Kier molecular flexibility index (Phi) is 4.95. The Morgan fingerprint density at radius 1 is 1.22 bits per heavy atom. The number of hydrogen-bond acceptors (Lipinski definition) is 7. The maximum Gasteiger partial charge on any atom is 0.327 e. The summed E-state index contributed by atoms with van der Waals surface area (Å²) >= 11 is 0. The topological polar surface area (TPSA) is 197 Å². The number of imide groups is 1. The van der Waals surface area contributed by atoms with Gasteiger partial charge in [0.2, 0.25) is 11.7 Å². The highest BCUT2D eigenvalue weighted by Gasteiger charge is 2.74. The minimum atomic E-state index is -2.64. The van der Waals surface area contributed by atoms with E-state index in [0.717, 1.165) is 35.3 Å². The lowest BCUT2D eigenvalue weighted by Crippen LogP contribution is -2.81. The molecule has 1 aromatic carbocycles. The highest BCUT2D eigenvalue weighted by Crippen LogP contribution is 2.43. The highest BCUT2D eigenvalue weighted by atomic mass is 16.5. The fraction of sp³-hybridized carbons (Fsp3) is 0.522. The highest BCUT2D eigenvalue weighted by molar-refractivity contribution is 6.02. The molecule has 1 unspecified atom stereocenters. The third-order valence-electron chi connectivity index (χ3n) is 8.20. The molecule has 4 saturated heterocycles. The summed E-state index contributed by atoms with van der Waals surface area (Å²) in [4.78, 5) is 41.9. The first-order valence-corrected chi connectivity index (χ1v) is 12.2. The van der Waals surface area contributed by atoms with Crippen LogP contribution in [0.5, 0.6) is 0 Å². The third-order valence-corrected chi connectivity index (χ3v) is 8.20. The summed E-state index contributed by atoms with van der Waals surface area (Å²) < 4.78 is 0. The second-order valence-corrected chi connectivity index (χ2v) is 10.3. The number of nitrogens with zero attached hydrogens (tertiary/aromatic N) is 3. The average Bonchev–Trinajstić information content (AvgIpc) is 3.57. The van der Waals surface area contributed by atoms with Crippen molar-refractivity contribution in [3.05, 3.63) is 34.9 Å². The van der Waals surface area contributed by atoms with E-state index in [1.807, 2.05) is 12.1 Å². The number of amides is 4. The molecule has 0 bridgehead atoms. The first-order valence-electron chi connectivity index (χ1n) is 12.2. The first-order chi connectivity index (χ1) is 17.5. The second-order valence-electron chi connectivity index (χ2n) is 10.3. The van der Waals surface area contributed by atoms with E-state index in [4.69, 9.17) is 10.8 Å². The fourth-order valence-electron chi connectivity index (χ4n) is 6.45. The quantitative estimate of drug-likeness (QED) is 0.156. The standard InChI is InChI=1S/C23H29N9O5/c1-30-10-16(33)31(21(30)35)8-14-17-22(29-19(24)28-17)23(36,37)15(9-32(22)20(25)26-14)27-18(34)13-7-3-5-11-4-2-6-12(11)13/h3,5,7,14-15,17,36-37H,2,4,6,8-10H2,1H3,(H2,25,26)(H,27,34)(H3,24,28,29)/t14-,15?,17-,22-/m0/s1. The smallest absolute Gasteiger partial charge is 0.327 e. The molecular weight excluding hydrogens is 482 g/mol. The number of rotatable bonds is 4. The number of hydrogen-bond donors (Lipinski definition) is 8. The number of nitrogens with one attached hydrogen (secondary N) is 6. The Bertz CT molecular complexity index is 1250. The Hall–Kier alpha value is -3.91. The van der Waals surface area contributed by atoms with Crippen molar-refractivity contribution in [1.82, 2.24) is 36.0 Å². The number of guanidine groups is 2. The van der Waals surface area contributed by atoms with Gasteiger partial charge in [-0.05, 0) is 36.5 Å². The third kappa shape index (κ3) is 3.15. The van der Waals surface area contributed by atoms with Crippen LogP contribution in [0.3, 0.4) is 0 Å². The molecule has 1 aromatic rings. The van der Waals surface area contributed by atoms with Crippen LogP contribution in [-0.2, 0) is 17.6 Å². The van der Waals surface area contributed by atoms with Gasteiger partial charge < -0.3 is 41.3 Å². The van der Waals surface area contributed by atoms with Gasteiger partial charge in [0.15, 0.2) is 17.6 Å². The SMILES string of the molecule is CN1CC(=O)N(C[C@@H]2NC(=N)N3CC(NC(=O)c4cccc5c4CCC5)C(O)(O)[C@@]34NC(=N)N[C@@H]24)C1=O. The Balaban J connectivity index is 1.31. The maximum atomic E-state index is 13.3. The van der Waals surface area contributed by atoms with Crippen molar-refractivity contribution in [1.29, 1.82) is 10.8 Å². The van der Waals surface area contributed by atoms with Gasteiger partial charge in [-0.15, -0.1) is 0 Å². The van der Waals surface area contributed by atoms with Gasteiger partial charge in [-0.2, -0.15) is 0 Å². The predicted molar refractivity (Wildman–Crippen MR) is 129 cm³/mol. The van der Waals surface area contributed by atoms with Crippen LogP contribution in [-0.4, -0.2) is 111 Å². The summed E-state index contributed by atoms with van der Waals surface area (Å²) in [5.74, 6) is -3.90. The molecule has 4 heterocycles. The molecule has 196 valence electrons. The summed E-state index contributed by atoms with van der Waals surface area (Å²) in [5, 5.41) is 51.4. The number of urea groups is 1. The number of aliphatic hydroxyl groups is 2. The van der Waals surface area contributed by atoms with E-state index >= 15 is 0 Å². The summed E-state index contributed by atoms with van der Waals surface area (Å²) in [6.07, 6.45) is 2.61. The number of likely N-dealkylation sites (N-methyl/N-ethyl adjacent to an activating group) is 1. The van der Waals surface area contributed by atoms with Crippen LogP contribution in [0.1, 0.15) is 27.9 Å². The molecule has 14 heteroatoms. The van der Waals surface area contributed by atoms with Crippen LogP contribution < -0.4 is 21.3 Å². The molecule has 0 radical (unpaired) electrons. The van der Waals surface area contributed by atoms with E-state index in [2.05, 4.69) is 21.3 Å². The van der Waals surface area contributed by atoms with Gasteiger partial charge in [-0.3, -0.25) is 25.3 Å². The molecule has 5 aliphatic rings. The first kappa shape index (κ1) is 23.5. The lowest BCUT2D eigenvalue weighted by atomic mass is 9.84. The van der Waals surface area contributed by atoms with Crippen LogP contribution >= 0.6 is 0 Å². The number of fused-ring (bicyclic) bond motifs is 1. The van der Waals surface area contributed by atoms with Crippen molar-refractivity contribution in [2.75, 3.05) is 26.7 Å². The molecule has 4 atom stereocenters. The van der Waals surface area contributed by atoms with Gasteiger partial charge in [0.25, 0.3) is 5.91 Å². The van der Waals surface area contributed by atoms with Crippen LogP contribution in [0, 0.1) is 10.8 Å². The number of aryl methyl sites for hydroxylation is 1. The average molecular weight is 512 g/mol. The lowest BCUT2D eigenvalue weighted by molar-refractivity contribution is -0.232. The van der Waals surface area contributed by atoms with E-state index in [0.29, 0.717) is 5.56 Å². The molecule has 6 rings (SSSR count). The molecular formula is C23H29N9O5. The molecule has 4 fully saturated rings. The van der Waals surface area contributed by atoms with Crippen molar-refractivity contribution >= 4 is 29.8 Å². The molecule has 0 saturated carbocycles.